The maximum Gasteiger partial charge on any atom is 0.234 e. The maximum absolute atomic E-state index is 12.4. The summed E-state index contributed by atoms with van der Waals surface area (Å²) in [7, 11) is 0. The highest BCUT2D eigenvalue weighted by Gasteiger charge is 2.21. The summed E-state index contributed by atoms with van der Waals surface area (Å²) < 4.78 is 0. The van der Waals surface area contributed by atoms with E-state index in [1.54, 1.807) is 0 Å². The lowest BCUT2D eigenvalue weighted by Gasteiger charge is -2.36. The molecule has 1 unspecified atom stereocenters. The average molecular weight is 372 g/mol. The van der Waals surface area contributed by atoms with E-state index in [0.717, 1.165) is 36.8 Å². The third kappa shape index (κ3) is 4.77. The molecular weight excluding hydrogens is 346 g/mol. The Kier molecular flexibility index (Phi) is 6.17. The maximum atomic E-state index is 12.4. The molecule has 1 fully saturated rings. The summed E-state index contributed by atoms with van der Waals surface area (Å²) in [6, 6.07) is 16.1. The predicted molar refractivity (Wildman–Crippen MR) is 108 cm³/mol. The van der Waals surface area contributed by atoms with Gasteiger partial charge in [0.15, 0.2) is 0 Å². The van der Waals surface area contributed by atoms with Crippen LogP contribution >= 0.6 is 11.6 Å². The fourth-order valence-electron chi connectivity index (χ4n) is 3.39. The lowest BCUT2D eigenvalue weighted by molar-refractivity contribution is -0.123. The summed E-state index contributed by atoms with van der Waals surface area (Å²) in [6.45, 7) is 8.13. The number of hydrogen-bond acceptors (Lipinski definition) is 3. The summed E-state index contributed by atoms with van der Waals surface area (Å²) >= 11 is 6.14. The number of carbonyl (C=O) groups excluding carboxylic acids is 1. The number of hydrogen-bond donors (Lipinski definition) is 1. The lowest BCUT2D eigenvalue weighted by Crippen LogP contribution is -2.49. The van der Waals surface area contributed by atoms with Gasteiger partial charge in [0.25, 0.3) is 0 Å². The predicted octanol–water partition coefficient (Wildman–Crippen LogP) is 3.65. The van der Waals surface area contributed by atoms with Crippen LogP contribution in [0.2, 0.25) is 5.02 Å². The molecule has 0 aromatic heterocycles. The second-order valence-electron chi connectivity index (χ2n) is 6.89. The highest BCUT2D eigenvalue weighted by molar-refractivity contribution is 6.30. The number of halogens is 1. The van der Waals surface area contributed by atoms with Crippen LogP contribution in [-0.4, -0.2) is 43.5 Å². The number of nitrogens with one attached hydrogen (secondary N) is 1. The Hall–Kier alpha value is -2.04. The normalized spacial score (nSPS) is 16.3. The van der Waals surface area contributed by atoms with Gasteiger partial charge >= 0.3 is 0 Å². The Morgan fingerprint density at radius 2 is 1.81 bits per heavy atom. The molecule has 0 saturated carbocycles. The molecule has 1 atom stereocenters. The smallest absolute Gasteiger partial charge is 0.234 e. The van der Waals surface area contributed by atoms with Gasteiger partial charge in [-0.15, -0.1) is 0 Å². The molecular formula is C21H26ClN3O. The molecule has 0 aliphatic carbocycles. The Balaban J connectivity index is 1.49. The molecule has 2 aromatic rings. The molecule has 0 spiro atoms. The van der Waals surface area contributed by atoms with Crippen molar-refractivity contribution in [2.75, 3.05) is 37.6 Å². The second kappa shape index (κ2) is 8.56. The minimum Gasteiger partial charge on any atom is -0.369 e. The fourth-order valence-corrected chi connectivity index (χ4v) is 3.55. The molecule has 1 aliphatic rings. The molecule has 1 N–H and O–H groups in total. The van der Waals surface area contributed by atoms with E-state index in [1.165, 1.54) is 11.3 Å². The molecule has 1 heterocycles. The molecule has 0 bridgehead atoms. The van der Waals surface area contributed by atoms with Crippen LogP contribution in [0.15, 0.2) is 48.5 Å². The van der Waals surface area contributed by atoms with Crippen molar-refractivity contribution in [3.05, 3.63) is 64.7 Å². The number of aryl methyl sites for hydroxylation is 1. The quantitative estimate of drug-likeness (QED) is 0.871. The minimum atomic E-state index is 0.0269. The van der Waals surface area contributed by atoms with Gasteiger partial charge in [-0.1, -0.05) is 48.0 Å². The van der Waals surface area contributed by atoms with Crippen molar-refractivity contribution in [3.63, 3.8) is 0 Å². The van der Waals surface area contributed by atoms with Crippen LogP contribution in [0.25, 0.3) is 0 Å². The number of rotatable bonds is 5. The monoisotopic (exact) mass is 371 g/mol. The number of carbonyl (C=O) groups is 1. The zero-order chi connectivity index (χ0) is 18.5. The molecule has 0 radical (unpaired) electrons. The molecule has 3 rings (SSSR count). The largest absolute Gasteiger partial charge is 0.369 e. The molecule has 138 valence electrons. The first-order chi connectivity index (χ1) is 12.5. The number of anilines is 1. The van der Waals surface area contributed by atoms with Crippen molar-refractivity contribution in [3.8, 4) is 0 Å². The number of nitrogens with zero attached hydrogens (tertiary/aromatic N) is 2. The Morgan fingerprint density at radius 1 is 1.12 bits per heavy atom. The number of amides is 1. The van der Waals surface area contributed by atoms with E-state index in [0.29, 0.717) is 6.54 Å². The third-order valence-electron chi connectivity index (χ3n) is 4.93. The van der Waals surface area contributed by atoms with E-state index < -0.39 is 0 Å². The number of piperazine rings is 1. The molecule has 1 amide bonds. The first kappa shape index (κ1) is 18.7. The van der Waals surface area contributed by atoms with Crippen LogP contribution in [-0.2, 0) is 4.79 Å². The first-order valence-corrected chi connectivity index (χ1v) is 9.48. The Labute approximate surface area is 160 Å². The van der Waals surface area contributed by atoms with Gasteiger partial charge in [-0.25, -0.2) is 0 Å². The topological polar surface area (TPSA) is 35.6 Å². The molecule has 1 aliphatic heterocycles. The van der Waals surface area contributed by atoms with Crippen LogP contribution in [0.1, 0.15) is 24.1 Å². The third-order valence-corrected chi connectivity index (χ3v) is 5.16. The van der Waals surface area contributed by atoms with Crippen LogP contribution in [0.5, 0.6) is 0 Å². The SMILES string of the molecule is Cc1ccc(Cl)cc1N1CCN(CC(=O)NC(C)c2ccccc2)CC1. The van der Waals surface area contributed by atoms with Gasteiger partial charge < -0.3 is 10.2 Å². The van der Waals surface area contributed by atoms with Gasteiger partial charge in [-0.05, 0) is 37.1 Å². The van der Waals surface area contributed by atoms with Crippen molar-refractivity contribution >= 4 is 23.2 Å². The van der Waals surface area contributed by atoms with E-state index in [1.807, 2.05) is 49.4 Å². The zero-order valence-electron chi connectivity index (χ0n) is 15.4. The Morgan fingerprint density at radius 3 is 2.50 bits per heavy atom. The summed E-state index contributed by atoms with van der Waals surface area (Å²) in [5, 5.41) is 3.86. The second-order valence-corrected chi connectivity index (χ2v) is 7.33. The van der Waals surface area contributed by atoms with Crippen molar-refractivity contribution < 1.29 is 4.79 Å². The zero-order valence-corrected chi connectivity index (χ0v) is 16.2. The Bertz CT molecular complexity index is 742. The van der Waals surface area contributed by atoms with Gasteiger partial charge in [0.1, 0.15) is 0 Å². The summed E-state index contributed by atoms with van der Waals surface area (Å²) in [6.07, 6.45) is 0. The first-order valence-electron chi connectivity index (χ1n) is 9.10. The van der Waals surface area contributed by atoms with Crippen molar-refractivity contribution in [1.29, 1.82) is 0 Å². The fraction of sp³-hybridized carbons (Fsp3) is 0.381. The molecule has 5 heteroatoms. The lowest BCUT2D eigenvalue weighted by atomic mass is 10.1. The summed E-state index contributed by atoms with van der Waals surface area (Å²) in [4.78, 5) is 16.9. The van der Waals surface area contributed by atoms with E-state index >= 15 is 0 Å². The molecule has 26 heavy (non-hydrogen) atoms. The van der Waals surface area contributed by atoms with Gasteiger partial charge in [0, 0.05) is 36.9 Å². The van der Waals surface area contributed by atoms with E-state index in [9.17, 15) is 4.79 Å². The van der Waals surface area contributed by atoms with Crippen molar-refractivity contribution in [1.82, 2.24) is 10.2 Å². The van der Waals surface area contributed by atoms with Crippen molar-refractivity contribution in [2.45, 2.75) is 19.9 Å². The molecule has 2 aromatic carbocycles. The standard InChI is InChI=1S/C21H26ClN3O/c1-16-8-9-19(22)14-20(16)25-12-10-24(11-13-25)15-21(26)23-17(2)18-6-4-3-5-7-18/h3-9,14,17H,10-13,15H2,1-2H3,(H,23,26). The highest BCUT2D eigenvalue weighted by atomic mass is 35.5. The van der Waals surface area contributed by atoms with Gasteiger partial charge in [0.05, 0.1) is 12.6 Å². The molecule has 4 nitrogen and oxygen atoms in total. The minimum absolute atomic E-state index is 0.0269. The highest BCUT2D eigenvalue weighted by Crippen LogP contribution is 2.25. The summed E-state index contributed by atoms with van der Waals surface area (Å²) in [5.74, 6) is 0.0775. The van der Waals surface area contributed by atoms with Gasteiger partial charge in [-0.3, -0.25) is 9.69 Å². The van der Waals surface area contributed by atoms with Crippen LogP contribution in [0.3, 0.4) is 0 Å². The van der Waals surface area contributed by atoms with E-state index in [-0.39, 0.29) is 11.9 Å². The number of benzene rings is 2. The van der Waals surface area contributed by atoms with Crippen LogP contribution < -0.4 is 10.2 Å². The van der Waals surface area contributed by atoms with Crippen LogP contribution in [0.4, 0.5) is 5.69 Å². The van der Waals surface area contributed by atoms with Gasteiger partial charge in [-0.2, -0.15) is 0 Å². The average Bonchev–Trinajstić information content (AvgIpc) is 2.65. The van der Waals surface area contributed by atoms with Crippen molar-refractivity contribution in [2.24, 2.45) is 0 Å². The van der Waals surface area contributed by atoms with E-state index in [4.69, 9.17) is 11.6 Å². The van der Waals surface area contributed by atoms with E-state index in [2.05, 4.69) is 28.1 Å². The van der Waals surface area contributed by atoms with Crippen LogP contribution in [0, 0.1) is 6.92 Å². The molecule has 1 saturated heterocycles. The summed E-state index contributed by atoms with van der Waals surface area (Å²) in [5.41, 5.74) is 3.55. The van der Waals surface area contributed by atoms with Gasteiger partial charge in [0.2, 0.25) is 5.91 Å².